The summed E-state index contributed by atoms with van der Waals surface area (Å²) in [5.41, 5.74) is 2.59. The Hall–Kier alpha value is -2.69. The molecule has 4 aromatic rings. The van der Waals surface area contributed by atoms with Crippen molar-refractivity contribution in [3.05, 3.63) is 64.3 Å². The van der Waals surface area contributed by atoms with Crippen molar-refractivity contribution in [2.24, 2.45) is 0 Å². The zero-order valence-corrected chi connectivity index (χ0v) is 20.8. The van der Waals surface area contributed by atoms with E-state index in [0.29, 0.717) is 26.5 Å². The van der Waals surface area contributed by atoms with Crippen molar-refractivity contribution in [2.75, 3.05) is 36.5 Å². The minimum atomic E-state index is -0.488. The minimum Gasteiger partial charge on any atom is -0.451 e. The number of aromatic nitrogens is 1. The number of hydrogen-bond acceptors (Lipinski definition) is 7. The fraction of sp³-hybridized carbons (Fsp3) is 0.174. The summed E-state index contributed by atoms with van der Waals surface area (Å²) in [6.07, 6.45) is 0. The van der Waals surface area contributed by atoms with Crippen molar-refractivity contribution in [1.82, 2.24) is 10.3 Å². The van der Waals surface area contributed by atoms with E-state index in [1.165, 1.54) is 11.3 Å². The first-order valence-corrected chi connectivity index (χ1v) is 12.4. The van der Waals surface area contributed by atoms with E-state index < -0.39 is 5.91 Å². The smallest absolute Gasteiger partial charge is 0.293 e. The van der Waals surface area contributed by atoms with Gasteiger partial charge in [-0.3, -0.25) is 10.1 Å². The molecule has 1 amide bonds. The molecule has 1 saturated heterocycles. The molecule has 0 atom stereocenters. The molecule has 1 aliphatic heterocycles. The maximum absolute atomic E-state index is 12.6. The Kier molecular flexibility index (Phi) is 6.71. The van der Waals surface area contributed by atoms with E-state index in [2.05, 4.69) is 32.7 Å². The number of morpholine rings is 1. The fourth-order valence-electron chi connectivity index (χ4n) is 3.58. The average molecular weight is 533 g/mol. The first-order chi connectivity index (χ1) is 16.5. The molecule has 2 N–H and O–H groups in total. The van der Waals surface area contributed by atoms with E-state index in [4.69, 9.17) is 44.6 Å². The second kappa shape index (κ2) is 9.89. The number of nitrogens with one attached hydrogen (secondary N) is 2. The topological polar surface area (TPSA) is 79.6 Å². The van der Waals surface area contributed by atoms with E-state index in [1.807, 2.05) is 6.07 Å². The van der Waals surface area contributed by atoms with Crippen LogP contribution in [-0.4, -0.2) is 42.3 Å². The van der Waals surface area contributed by atoms with E-state index in [-0.39, 0.29) is 10.9 Å². The molecule has 2 aromatic carbocycles. The number of thiazole rings is 1. The Bertz CT molecular complexity index is 1380. The lowest BCUT2D eigenvalue weighted by Crippen LogP contribution is -2.36. The second-order valence-electron chi connectivity index (χ2n) is 7.44. The molecule has 34 heavy (non-hydrogen) atoms. The predicted octanol–water partition coefficient (Wildman–Crippen LogP) is 5.83. The van der Waals surface area contributed by atoms with Crippen LogP contribution >= 0.6 is 46.8 Å². The molecule has 5 rings (SSSR count). The third kappa shape index (κ3) is 4.89. The average Bonchev–Trinajstić information content (AvgIpc) is 3.48. The lowest BCUT2D eigenvalue weighted by atomic mass is 10.2. The van der Waals surface area contributed by atoms with Crippen molar-refractivity contribution < 1.29 is 13.9 Å². The Labute approximate surface area is 214 Å². The molecule has 0 aliphatic carbocycles. The SMILES string of the molecule is O=C(NC(=S)Nc1nc2ccc(N3CCOCC3)cc2s1)c1ccc(-c2cccc(Cl)c2Cl)o1. The van der Waals surface area contributed by atoms with Gasteiger partial charge in [0.15, 0.2) is 16.0 Å². The van der Waals surface area contributed by atoms with Gasteiger partial charge in [-0.1, -0.05) is 40.6 Å². The quantitative estimate of drug-likeness (QED) is 0.320. The normalized spacial score (nSPS) is 13.8. The first kappa shape index (κ1) is 23.1. The van der Waals surface area contributed by atoms with Gasteiger partial charge in [-0.05, 0) is 54.7 Å². The summed E-state index contributed by atoms with van der Waals surface area (Å²) in [6.45, 7) is 3.18. The molecule has 2 aromatic heterocycles. The van der Waals surface area contributed by atoms with Crippen molar-refractivity contribution in [2.45, 2.75) is 0 Å². The molecular formula is C23H18Cl2N4O3S2. The van der Waals surface area contributed by atoms with Crippen molar-refractivity contribution >= 4 is 78.8 Å². The molecule has 0 saturated carbocycles. The summed E-state index contributed by atoms with van der Waals surface area (Å²) in [7, 11) is 0. The number of carbonyl (C=O) groups excluding carboxylic acids is 1. The monoisotopic (exact) mass is 532 g/mol. The van der Waals surface area contributed by atoms with Crippen LogP contribution in [0.5, 0.6) is 0 Å². The van der Waals surface area contributed by atoms with Crippen LogP contribution in [0, 0.1) is 0 Å². The summed E-state index contributed by atoms with van der Waals surface area (Å²) in [6, 6.07) is 14.5. The number of ether oxygens (including phenoxy) is 1. The van der Waals surface area contributed by atoms with Gasteiger partial charge in [-0.25, -0.2) is 4.98 Å². The Morgan fingerprint density at radius 2 is 1.94 bits per heavy atom. The van der Waals surface area contributed by atoms with Gasteiger partial charge in [0.05, 0.1) is 33.5 Å². The van der Waals surface area contributed by atoms with Gasteiger partial charge in [0, 0.05) is 24.3 Å². The number of benzene rings is 2. The van der Waals surface area contributed by atoms with E-state index in [0.717, 1.165) is 42.2 Å². The standard InChI is InChI=1S/C23H18Cl2N4O3S2/c24-15-3-1-2-14(20(15)25)17-6-7-18(32-17)21(30)27-22(33)28-23-26-16-5-4-13(12-19(16)34-23)29-8-10-31-11-9-29/h1-7,12H,8-11H2,(H2,26,27,28,30,33). The van der Waals surface area contributed by atoms with Gasteiger partial charge in [0.2, 0.25) is 0 Å². The highest BCUT2D eigenvalue weighted by molar-refractivity contribution is 7.80. The lowest BCUT2D eigenvalue weighted by Gasteiger charge is -2.28. The number of thiocarbonyl (C=S) groups is 1. The molecule has 0 radical (unpaired) electrons. The number of hydrogen-bond donors (Lipinski definition) is 2. The van der Waals surface area contributed by atoms with Crippen LogP contribution in [-0.2, 0) is 4.74 Å². The number of carbonyl (C=O) groups is 1. The van der Waals surface area contributed by atoms with Crippen LogP contribution in [0.4, 0.5) is 10.8 Å². The first-order valence-electron chi connectivity index (χ1n) is 10.4. The van der Waals surface area contributed by atoms with Crippen molar-refractivity contribution in [1.29, 1.82) is 0 Å². The van der Waals surface area contributed by atoms with Gasteiger partial charge in [0.25, 0.3) is 5.91 Å². The molecule has 0 bridgehead atoms. The highest BCUT2D eigenvalue weighted by Gasteiger charge is 2.17. The van der Waals surface area contributed by atoms with Gasteiger partial charge in [0.1, 0.15) is 5.76 Å². The van der Waals surface area contributed by atoms with Crippen LogP contribution < -0.4 is 15.5 Å². The van der Waals surface area contributed by atoms with E-state index in [9.17, 15) is 4.79 Å². The number of anilines is 2. The Balaban J connectivity index is 1.25. The number of fused-ring (bicyclic) bond motifs is 1. The van der Waals surface area contributed by atoms with E-state index >= 15 is 0 Å². The molecule has 3 heterocycles. The third-order valence-electron chi connectivity index (χ3n) is 5.24. The molecule has 7 nitrogen and oxygen atoms in total. The van der Waals surface area contributed by atoms with E-state index in [1.54, 1.807) is 30.3 Å². The molecule has 11 heteroatoms. The largest absolute Gasteiger partial charge is 0.451 e. The maximum atomic E-state index is 12.6. The third-order valence-corrected chi connectivity index (χ3v) is 7.20. The molecule has 0 unspecified atom stereocenters. The van der Waals surface area contributed by atoms with Crippen LogP contribution in [0.3, 0.4) is 0 Å². The summed E-state index contributed by atoms with van der Waals surface area (Å²) in [4.78, 5) is 19.5. The number of furan rings is 1. The van der Waals surface area contributed by atoms with Gasteiger partial charge < -0.3 is 19.4 Å². The number of halogens is 2. The van der Waals surface area contributed by atoms with Crippen LogP contribution in [0.1, 0.15) is 10.6 Å². The van der Waals surface area contributed by atoms with Crippen LogP contribution in [0.25, 0.3) is 21.5 Å². The van der Waals surface area contributed by atoms with Crippen LogP contribution in [0.15, 0.2) is 52.9 Å². The van der Waals surface area contributed by atoms with Gasteiger partial charge in [-0.2, -0.15) is 0 Å². The maximum Gasteiger partial charge on any atom is 0.293 e. The lowest BCUT2D eigenvalue weighted by molar-refractivity contribution is 0.0951. The molecule has 0 spiro atoms. The zero-order chi connectivity index (χ0) is 23.7. The number of amides is 1. The fourth-order valence-corrected chi connectivity index (χ4v) is 5.13. The summed E-state index contributed by atoms with van der Waals surface area (Å²) >= 11 is 19.1. The van der Waals surface area contributed by atoms with Gasteiger partial charge >= 0.3 is 0 Å². The minimum absolute atomic E-state index is 0.0923. The summed E-state index contributed by atoms with van der Waals surface area (Å²) < 4.78 is 12.1. The zero-order valence-electron chi connectivity index (χ0n) is 17.6. The molecule has 174 valence electrons. The highest BCUT2D eigenvalue weighted by atomic mass is 35.5. The van der Waals surface area contributed by atoms with Crippen LogP contribution in [0.2, 0.25) is 10.0 Å². The molecule has 1 aliphatic rings. The van der Waals surface area contributed by atoms with Crippen molar-refractivity contribution in [3.63, 3.8) is 0 Å². The number of nitrogens with zero attached hydrogens (tertiary/aromatic N) is 2. The molecule has 1 fully saturated rings. The predicted molar refractivity (Wildman–Crippen MR) is 141 cm³/mol. The highest BCUT2D eigenvalue weighted by Crippen LogP contribution is 2.34. The molecular weight excluding hydrogens is 515 g/mol. The van der Waals surface area contributed by atoms with Gasteiger partial charge in [-0.15, -0.1) is 0 Å². The summed E-state index contributed by atoms with van der Waals surface area (Å²) in [5, 5.41) is 7.06. The Morgan fingerprint density at radius 3 is 2.76 bits per heavy atom. The Morgan fingerprint density at radius 1 is 1.12 bits per heavy atom. The second-order valence-corrected chi connectivity index (χ2v) is 9.67. The number of rotatable bonds is 4. The van der Waals surface area contributed by atoms with Crippen molar-refractivity contribution in [3.8, 4) is 11.3 Å². The summed E-state index contributed by atoms with van der Waals surface area (Å²) in [5.74, 6) is 0.0334.